The maximum atomic E-state index is 12.8. The molecule has 162 valence electrons. The summed E-state index contributed by atoms with van der Waals surface area (Å²) in [6.07, 6.45) is 7.28. The molecule has 3 fully saturated rings. The maximum Gasteiger partial charge on any atom is 0.310 e. The zero-order valence-corrected chi connectivity index (χ0v) is 18.1. The summed E-state index contributed by atoms with van der Waals surface area (Å²) in [5, 5.41) is 0. The highest BCUT2D eigenvalue weighted by Gasteiger charge is 2.53. The van der Waals surface area contributed by atoms with Crippen LogP contribution in [0.4, 0.5) is 0 Å². The average molecular weight is 413 g/mol. The number of hydrogen-bond donors (Lipinski definition) is 0. The highest BCUT2D eigenvalue weighted by atomic mass is 16.6. The molecule has 5 rings (SSSR count). The van der Waals surface area contributed by atoms with E-state index in [1.807, 2.05) is 4.90 Å². The molecule has 0 aromatic carbocycles. The molecule has 0 radical (unpaired) electrons. The van der Waals surface area contributed by atoms with Gasteiger partial charge in [-0.1, -0.05) is 18.1 Å². The van der Waals surface area contributed by atoms with Gasteiger partial charge in [0.05, 0.1) is 12.2 Å². The minimum atomic E-state index is -0.0498. The Labute approximate surface area is 178 Å². The number of fused-ring (bicyclic) bond motifs is 2. The zero-order chi connectivity index (χ0) is 20.9. The van der Waals surface area contributed by atoms with E-state index in [1.165, 1.54) is 25.5 Å². The van der Waals surface area contributed by atoms with Gasteiger partial charge in [0.15, 0.2) is 5.76 Å². The van der Waals surface area contributed by atoms with Crippen molar-refractivity contribution in [2.45, 2.75) is 52.1 Å². The molecule has 0 bridgehead atoms. The molecular formula is C24H32N2O4. The van der Waals surface area contributed by atoms with Crippen LogP contribution in [-0.2, 0) is 9.53 Å². The quantitative estimate of drug-likeness (QED) is 0.562. The average Bonchev–Trinajstić information content (AvgIpc) is 3.35. The third-order valence-corrected chi connectivity index (χ3v) is 8.03. The van der Waals surface area contributed by atoms with Crippen molar-refractivity contribution < 1.29 is 18.7 Å². The summed E-state index contributed by atoms with van der Waals surface area (Å²) in [4.78, 5) is 29.4. The van der Waals surface area contributed by atoms with Gasteiger partial charge in [-0.15, -0.1) is 0 Å². The number of nitrogens with zero attached hydrogens (tertiary/aromatic N) is 2. The standard InChI is InChI=1S/C24H32N2O4/c1-16-5-3-7-24(2)14-21-17(13-19(16)24)18(23(28)30-21)15-25-8-10-26(11-9-25)22(27)20-6-4-12-29-20/h4,6,12,17-18,21H,3,5,7-11,13-15H2,1-2H3. The number of carbonyl (C=O) groups excluding carboxylic acids is 2. The molecule has 6 nitrogen and oxygen atoms in total. The van der Waals surface area contributed by atoms with Crippen molar-refractivity contribution in [2.75, 3.05) is 32.7 Å². The molecular weight excluding hydrogens is 380 g/mol. The lowest BCUT2D eigenvalue weighted by Gasteiger charge is -2.46. The van der Waals surface area contributed by atoms with Gasteiger partial charge in [0.25, 0.3) is 5.91 Å². The molecule has 6 heteroatoms. The third-order valence-electron chi connectivity index (χ3n) is 8.03. The van der Waals surface area contributed by atoms with Crippen molar-refractivity contribution >= 4 is 11.9 Å². The van der Waals surface area contributed by atoms with Gasteiger partial charge in [-0.25, -0.2) is 0 Å². The first-order valence-corrected chi connectivity index (χ1v) is 11.4. The van der Waals surface area contributed by atoms with Crippen LogP contribution < -0.4 is 0 Å². The van der Waals surface area contributed by atoms with E-state index in [1.54, 1.807) is 23.3 Å². The van der Waals surface area contributed by atoms with E-state index in [9.17, 15) is 9.59 Å². The fraction of sp³-hybridized carbons (Fsp3) is 0.667. The van der Waals surface area contributed by atoms with Crippen molar-refractivity contribution in [1.29, 1.82) is 0 Å². The largest absolute Gasteiger partial charge is 0.462 e. The molecule has 1 amide bonds. The van der Waals surface area contributed by atoms with Gasteiger partial charge in [-0.2, -0.15) is 0 Å². The van der Waals surface area contributed by atoms with Crippen LogP contribution in [0, 0.1) is 17.3 Å². The minimum absolute atomic E-state index is 0.0143. The SMILES string of the molecule is CC1=C2CC3C(CC2(C)CCC1)OC(=O)C3CN1CCN(C(=O)c2ccco2)CC1. The van der Waals surface area contributed by atoms with E-state index in [4.69, 9.17) is 9.15 Å². The van der Waals surface area contributed by atoms with E-state index in [2.05, 4.69) is 18.7 Å². The molecule has 4 unspecified atom stereocenters. The lowest BCUT2D eigenvalue weighted by Crippen LogP contribution is -2.51. The van der Waals surface area contributed by atoms with Gasteiger partial charge < -0.3 is 14.1 Å². The summed E-state index contributed by atoms with van der Waals surface area (Å²) < 4.78 is 11.2. The van der Waals surface area contributed by atoms with Crippen LogP contribution in [0.1, 0.15) is 56.5 Å². The molecule has 1 saturated carbocycles. The Bertz CT molecular complexity index is 853. The normalized spacial score (nSPS) is 34.5. The number of rotatable bonds is 3. The van der Waals surface area contributed by atoms with Crippen LogP contribution in [0.15, 0.2) is 34.0 Å². The Kier molecular flexibility index (Phi) is 5.00. The Balaban J connectivity index is 1.23. The molecule has 0 N–H and O–H groups in total. The molecule has 3 heterocycles. The highest BCUT2D eigenvalue weighted by molar-refractivity contribution is 5.91. The van der Waals surface area contributed by atoms with Gasteiger partial charge in [-0.05, 0) is 56.6 Å². The first-order chi connectivity index (χ1) is 14.4. The molecule has 2 aliphatic heterocycles. The second-order valence-electron chi connectivity index (χ2n) is 9.90. The van der Waals surface area contributed by atoms with Gasteiger partial charge in [0, 0.05) is 38.6 Å². The molecule has 2 aliphatic carbocycles. The first-order valence-electron chi connectivity index (χ1n) is 11.4. The van der Waals surface area contributed by atoms with E-state index < -0.39 is 0 Å². The van der Waals surface area contributed by atoms with Crippen LogP contribution >= 0.6 is 0 Å². The van der Waals surface area contributed by atoms with Crippen LogP contribution in [-0.4, -0.2) is 60.5 Å². The monoisotopic (exact) mass is 412 g/mol. The van der Waals surface area contributed by atoms with Gasteiger partial charge >= 0.3 is 5.97 Å². The molecule has 4 aliphatic rings. The molecule has 2 saturated heterocycles. The summed E-state index contributed by atoms with van der Waals surface area (Å²) in [5.74, 6) is 0.586. The minimum Gasteiger partial charge on any atom is -0.462 e. The summed E-state index contributed by atoms with van der Waals surface area (Å²) in [6, 6.07) is 3.45. The van der Waals surface area contributed by atoms with Crippen LogP contribution in [0.3, 0.4) is 0 Å². The van der Waals surface area contributed by atoms with Crippen LogP contribution in [0.2, 0.25) is 0 Å². The number of amides is 1. The molecule has 30 heavy (non-hydrogen) atoms. The van der Waals surface area contributed by atoms with Crippen LogP contribution in [0.25, 0.3) is 0 Å². The van der Waals surface area contributed by atoms with Crippen molar-refractivity contribution in [3.8, 4) is 0 Å². The van der Waals surface area contributed by atoms with Crippen molar-refractivity contribution in [3.63, 3.8) is 0 Å². The number of hydrogen-bond acceptors (Lipinski definition) is 5. The maximum absolute atomic E-state index is 12.8. The lowest BCUT2D eigenvalue weighted by molar-refractivity contribution is -0.145. The predicted molar refractivity (Wildman–Crippen MR) is 112 cm³/mol. The molecule has 1 aromatic rings. The summed E-state index contributed by atoms with van der Waals surface area (Å²) in [5.41, 5.74) is 3.37. The first kappa shape index (κ1) is 19.9. The van der Waals surface area contributed by atoms with Crippen LogP contribution in [0.5, 0.6) is 0 Å². The number of carbonyl (C=O) groups is 2. The van der Waals surface area contributed by atoms with E-state index in [0.717, 1.165) is 32.5 Å². The Hall–Kier alpha value is -2.08. The van der Waals surface area contributed by atoms with Gasteiger partial charge in [0.2, 0.25) is 0 Å². The smallest absolute Gasteiger partial charge is 0.310 e. The summed E-state index contributed by atoms with van der Waals surface area (Å²) in [7, 11) is 0. The van der Waals surface area contributed by atoms with E-state index in [-0.39, 0.29) is 29.3 Å². The molecule has 4 atom stereocenters. The number of piperazine rings is 1. The van der Waals surface area contributed by atoms with Crippen molar-refractivity contribution in [1.82, 2.24) is 9.80 Å². The molecule has 0 spiro atoms. The predicted octanol–water partition coefficient (Wildman–Crippen LogP) is 3.50. The number of ether oxygens (including phenoxy) is 1. The van der Waals surface area contributed by atoms with E-state index >= 15 is 0 Å². The Morgan fingerprint density at radius 3 is 2.80 bits per heavy atom. The summed E-state index contributed by atoms with van der Waals surface area (Å²) >= 11 is 0. The van der Waals surface area contributed by atoms with Crippen molar-refractivity contribution in [2.24, 2.45) is 17.3 Å². The number of allylic oxidation sites excluding steroid dienone is 2. The lowest BCUT2D eigenvalue weighted by atomic mass is 9.59. The van der Waals surface area contributed by atoms with Crippen molar-refractivity contribution in [3.05, 3.63) is 35.3 Å². The van der Waals surface area contributed by atoms with E-state index in [0.29, 0.717) is 24.8 Å². The molecule has 1 aromatic heterocycles. The Morgan fingerprint density at radius 2 is 2.07 bits per heavy atom. The topological polar surface area (TPSA) is 63.0 Å². The van der Waals surface area contributed by atoms with Gasteiger partial charge in [-0.3, -0.25) is 14.5 Å². The Morgan fingerprint density at radius 1 is 1.27 bits per heavy atom. The highest BCUT2D eigenvalue weighted by Crippen LogP contribution is 2.55. The number of furan rings is 1. The fourth-order valence-corrected chi connectivity index (χ4v) is 6.29. The summed E-state index contributed by atoms with van der Waals surface area (Å²) in [6.45, 7) is 8.30. The third kappa shape index (κ3) is 3.39. The van der Waals surface area contributed by atoms with Gasteiger partial charge in [0.1, 0.15) is 6.10 Å². The second-order valence-corrected chi connectivity index (χ2v) is 9.90. The fourth-order valence-electron chi connectivity index (χ4n) is 6.29. The zero-order valence-electron chi connectivity index (χ0n) is 18.1. The second kappa shape index (κ2) is 7.56. The number of esters is 1.